The Labute approximate surface area is 150 Å². The number of likely N-dealkylation sites (tertiary alicyclic amines) is 2. The molecule has 8 heteroatoms. The Morgan fingerprint density at radius 3 is 2.42 bits per heavy atom. The van der Waals surface area contributed by atoms with Gasteiger partial charge in [0.25, 0.3) is 11.8 Å². The first kappa shape index (κ1) is 16.7. The van der Waals surface area contributed by atoms with Gasteiger partial charge < -0.3 is 9.80 Å². The summed E-state index contributed by atoms with van der Waals surface area (Å²) in [6.45, 7) is 2.39. The van der Waals surface area contributed by atoms with Gasteiger partial charge in [-0.3, -0.25) is 14.3 Å². The molecule has 0 aliphatic carbocycles. The van der Waals surface area contributed by atoms with E-state index in [4.69, 9.17) is 0 Å². The lowest BCUT2D eigenvalue weighted by molar-refractivity contribution is -0.147. The molecule has 7 nitrogen and oxygen atoms in total. The topological polar surface area (TPSA) is 71.3 Å². The minimum Gasteiger partial charge on any atom is -0.340 e. The lowest BCUT2D eigenvalue weighted by Gasteiger charge is -2.45. The van der Waals surface area contributed by atoms with Crippen molar-refractivity contribution in [3.8, 4) is 0 Å². The molecule has 2 aliphatic heterocycles. The first-order valence-corrected chi connectivity index (χ1v) is 8.80. The van der Waals surface area contributed by atoms with Gasteiger partial charge in [-0.1, -0.05) is 0 Å². The highest BCUT2D eigenvalue weighted by atomic mass is 19.1. The Balaban J connectivity index is 1.54. The molecule has 0 unspecified atom stereocenters. The minimum atomic E-state index is -0.746. The van der Waals surface area contributed by atoms with Crippen molar-refractivity contribution in [1.82, 2.24) is 24.6 Å². The molecule has 2 aliphatic rings. The Kier molecular flexibility index (Phi) is 4.18. The quantitative estimate of drug-likeness (QED) is 0.776. The van der Waals surface area contributed by atoms with Gasteiger partial charge >= 0.3 is 0 Å². The van der Waals surface area contributed by atoms with Crippen LogP contribution in [-0.2, 0) is 10.3 Å². The maximum atomic E-state index is 13.3. The standard InChI is InChI=1S/C18H20FN5O2/c19-15-13-14(3-7-20-15)16(25)22-11-4-18(5-12-22,24-10-1-6-21-24)17(26)23-8-2-9-23/h1,3,6-7,10,13H,2,4-5,8-9,11-12H2. The summed E-state index contributed by atoms with van der Waals surface area (Å²) in [5, 5.41) is 4.32. The fraction of sp³-hybridized carbons (Fsp3) is 0.444. The summed E-state index contributed by atoms with van der Waals surface area (Å²) < 4.78 is 15.0. The molecule has 26 heavy (non-hydrogen) atoms. The van der Waals surface area contributed by atoms with Gasteiger partial charge in [0.2, 0.25) is 5.95 Å². The lowest BCUT2D eigenvalue weighted by atomic mass is 9.85. The van der Waals surface area contributed by atoms with E-state index in [1.807, 2.05) is 17.2 Å². The maximum Gasteiger partial charge on any atom is 0.254 e. The first-order valence-electron chi connectivity index (χ1n) is 8.80. The minimum absolute atomic E-state index is 0.0782. The van der Waals surface area contributed by atoms with Crippen molar-refractivity contribution in [2.75, 3.05) is 26.2 Å². The molecule has 0 bridgehead atoms. The molecular weight excluding hydrogens is 337 g/mol. The molecule has 4 rings (SSSR count). The molecule has 2 amide bonds. The third kappa shape index (κ3) is 2.75. The van der Waals surface area contributed by atoms with Gasteiger partial charge in [0.1, 0.15) is 5.54 Å². The van der Waals surface area contributed by atoms with Crippen molar-refractivity contribution in [3.05, 3.63) is 48.3 Å². The fourth-order valence-corrected chi connectivity index (χ4v) is 3.67. The molecule has 2 aromatic heterocycles. The molecule has 2 saturated heterocycles. The predicted octanol–water partition coefficient (Wildman–Crippen LogP) is 1.28. The van der Waals surface area contributed by atoms with Crippen LogP contribution in [0.25, 0.3) is 0 Å². The number of amides is 2. The Hall–Kier alpha value is -2.77. The van der Waals surface area contributed by atoms with Crippen LogP contribution in [0, 0.1) is 5.95 Å². The van der Waals surface area contributed by atoms with E-state index >= 15 is 0 Å². The van der Waals surface area contributed by atoms with E-state index in [0.29, 0.717) is 25.9 Å². The summed E-state index contributed by atoms with van der Waals surface area (Å²) in [6.07, 6.45) is 6.77. The van der Waals surface area contributed by atoms with Crippen LogP contribution in [-0.4, -0.2) is 62.6 Å². The normalized spacial score (nSPS) is 19.1. The summed E-state index contributed by atoms with van der Waals surface area (Å²) >= 11 is 0. The van der Waals surface area contributed by atoms with Crippen molar-refractivity contribution in [3.63, 3.8) is 0 Å². The van der Waals surface area contributed by atoms with Crippen LogP contribution in [0.3, 0.4) is 0 Å². The summed E-state index contributed by atoms with van der Waals surface area (Å²) in [7, 11) is 0. The highest BCUT2D eigenvalue weighted by molar-refractivity contribution is 5.94. The third-order valence-corrected chi connectivity index (χ3v) is 5.34. The smallest absolute Gasteiger partial charge is 0.254 e. The second-order valence-electron chi connectivity index (χ2n) is 6.79. The fourth-order valence-electron chi connectivity index (χ4n) is 3.67. The molecule has 0 N–H and O–H groups in total. The van der Waals surface area contributed by atoms with Gasteiger partial charge in [-0.2, -0.15) is 9.49 Å². The molecule has 2 fully saturated rings. The molecule has 136 valence electrons. The second-order valence-corrected chi connectivity index (χ2v) is 6.79. The van der Waals surface area contributed by atoms with Gasteiger partial charge in [-0.15, -0.1) is 0 Å². The Bertz CT molecular complexity index is 811. The molecule has 0 spiro atoms. The zero-order valence-corrected chi connectivity index (χ0v) is 14.3. The maximum absolute atomic E-state index is 13.3. The first-order chi connectivity index (χ1) is 12.6. The van der Waals surface area contributed by atoms with Crippen LogP contribution >= 0.6 is 0 Å². The second kappa shape index (κ2) is 6.51. The van der Waals surface area contributed by atoms with Crippen LogP contribution < -0.4 is 0 Å². The number of halogens is 1. The van der Waals surface area contributed by atoms with Crippen molar-refractivity contribution >= 4 is 11.8 Å². The average Bonchev–Trinajstić information content (AvgIpc) is 3.15. The van der Waals surface area contributed by atoms with Crippen LogP contribution in [0.15, 0.2) is 36.8 Å². The molecule has 0 radical (unpaired) electrons. The third-order valence-electron chi connectivity index (χ3n) is 5.34. The van der Waals surface area contributed by atoms with Gasteiger partial charge in [-0.05, 0) is 31.4 Å². The number of hydrogen-bond acceptors (Lipinski definition) is 4. The number of carbonyl (C=O) groups is 2. The Morgan fingerprint density at radius 2 is 1.85 bits per heavy atom. The zero-order valence-electron chi connectivity index (χ0n) is 14.3. The summed E-state index contributed by atoms with van der Waals surface area (Å²) in [6, 6.07) is 4.46. The predicted molar refractivity (Wildman–Crippen MR) is 90.7 cm³/mol. The van der Waals surface area contributed by atoms with Gasteiger partial charge in [0.05, 0.1) is 0 Å². The average molecular weight is 357 g/mol. The number of hydrogen-bond donors (Lipinski definition) is 0. The highest BCUT2D eigenvalue weighted by Crippen LogP contribution is 2.33. The van der Waals surface area contributed by atoms with Gasteiger partial charge in [0.15, 0.2) is 0 Å². The molecule has 0 atom stereocenters. The van der Waals surface area contributed by atoms with Crippen LogP contribution in [0.5, 0.6) is 0 Å². The van der Waals surface area contributed by atoms with Gasteiger partial charge in [0, 0.05) is 56.4 Å². The van der Waals surface area contributed by atoms with Crippen molar-refractivity contribution < 1.29 is 14.0 Å². The van der Waals surface area contributed by atoms with E-state index in [-0.39, 0.29) is 17.4 Å². The number of carbonyl (C=O) groups excluding carboxylic acids is 2. The van der Waals surface area contributed by atoms with E-state index in [2.05, 4.69) is 10.1 Å². The number of pyridine rings is 1. The van der Waals surface area contributed by atoms with Crippen molar-refractivity contribution in [2.45, 2.75) is 24.8 Å². The zero-order chi connectivity index (χ0) is 18.1. The summed E-state index contributed by atoms with van der Waals surface area (Å²) in [5.41, 5.74) is -0.470. The molecular formula is C18H20FN5O2. The molecule has 0 saturated carbocycles. The van der Waals surface area contributed by atoms with E-state index in [9.17, 15) is 14.0 Å². The monoisotopic (exact) mass is 357 g/mol. The summed E-state index contributed by atoms with van der Waals surface area (Å²) in [4.78, 5) is 32.7. The van der Waals surface area contributed by atoms with E-state index in [0.717, 1.165) is 25.6 Å². The summed E-state index contributed by atoms with van der Waals surface area (Å²) in [5.74, 6) is -0.835. The number of nitrogens with zero attached hydrogens (tertiary/aromatic N) is 5. The van der Waals surface area contributed by atoms with Crippen molar-refractivity contribution in [2.24, 2.45) is 0 Å². The Morgan fingerprint density at radius 1 is 1.08 bits per heavy atom. The van der Waals surface area contributed by atoms with E-state index in [1.165, 1.54) is 12.3 Å². The number of rotatable bonds is 3. The van der Waals surface area contributed by atoms with Crippen molar-refractivity contribution in [1.29, 1.82) is 0 Å². The molecule has 2 aromatic rings. The number of piperidine rings is 1. The van der Waals surface area contributed by atoms with E-state index in [1.54, 1.807) is 15.8 Å². The van der Waals surface area contributed by atoms with Crippen LogP contribution in [0.4, 0.5) is 4.39 Å². The lowest BCUT2D eigenvalue weighted by Crippen LogP contribution is -2.59. The SMILES string of the molecule is O=C(c1ccnc(F)c1)N1CCC(C(=O)N2CCC2)(n2cccn2)CC1. The molecule has 4 heterocycles. The highest BCUT2D eigenvalue weighted by Gasteiger charge is 2.47. The van der Waals surface area contributed by atoms with E-state index < -0.39 is 11.5 Å². The van der Waals surface area contributed by atoms with Crippen LogP contribution in [0.2, 0.25) is 0 Å². The van der Waals surface area contributed by atoms with Crippen LogP contribution in [0.1, 0.15) is 29.6 Å². The number of aromatic nitrogens is 3. The van der Waals surface area contributed by atoms with Gasteiger partial charge in [-0.25, -0.2) is 4.98 Å². The largest absolute Gasteiger partial charge is 0.340 e. The molecule has 0 aromatic carbocycles.